The summed E-state index contributed by atoms with van der Waals surface area (Å²) in [7, 11) is 2.32. The molecule has 0 aromatic rings. The van der Waals surface area contributed by atoms with E-state index in [4.69, 9.17) is 0 Å². The third-order valence-corrected chi connectivity index (χ3v) is 4.35. The van der Waals surface area contributed by atoms with Crippen molar-refractivity contribution in [3.05, 3.63) is 0 Å². The van der Waals surface area contributed by atoms with Crippen molar-refractivity contribution < 1.29 is 0 Å². The van der Waals surface area contributed by atoms with Crippen molar-refractivity contribution in [1.82, 2.24) is 15.1 Å². The lowest BCUT2D eigenvalue weighted by Gasteiger charge is -2.27. The number of nitrogens with zero attached hydrogens (tertiary/aromatic N) is 2. The van der Waals surface area contributed by atoms with Crippen LogP contribution in [0.2, 0.25) is 0 Å². The first-order valence-corrected chi connectivity index (χ1v) is 7.49. The van der Waals surface area contributed by atoms with E-state index >= 15 is 0 Å². The summed E-state index contributed by atoms with van der Waals surface area (Å²) in [5.41, 5.74) is 0. The van der Waals surface area contributed by atoms with Crippen LogP contribution in [0.1, 0.15) is 38.5 Å². The van der Waals surface area contributed by atoms with Crippen molar-refractivity contribution in [2.45, 2.75) is 44.6 Å². The third-order valence-electron chi connectivity index (χ3n) is 4.35. The van der Waals surface area contributed by atoms with E-state index in [1.807, 2.05) is 0 Å². The van der Waals surface area contributed by atoms with Crippen LogP contribution in [0.15, 0.2) is 0 Å². The van der Waals surface area contributed by atoms with E-state index in [1.54, 1.807) is 0 Å². The molecule has 2 fully saturated rings. The van der Waals surface area contributed by atoms with Crippen LogP contribution in [-0.2, 0) is 0 Å². The molecule has 3 heteroatoms. The number of rotatable bonds is 5. The number of nitrogens with one attached hydrogen (secondary N) is 1. The molecule has 1 atom stereocenters. The highest BCUT2D eigenvalue weighted by molar-refractivity contribution is 4.74. The molecule has 3 nitrogen and oxygen atoms in total. The molecule has 0 radical (unpaired) electrons. The van der Waals surface area contributed by atoms with Crippen molar-refractivity contribution >= 4 is 0 Å². The molecule has 2 aliphatic heterocycles. The van der Waals surface area contributed by atoms with E-state index in [0.29, 0.717) is 0 Å². The van der Waals surface area contributed by atoms with Gasteiger partial charge in [0.1, 0.15) is 0 Å². The van der Waals surface area contributed by atoms with E-state index in [0.717, 1.165) is 6.04 Å². The van der Waals surface area contributed by atoms with Crippen LogP contribution in [0.4, 0.5) is 0 Å². The highest BCUT2D eigenvalue weighted by atomic mass is 15.2. The average molecular weight is 239 g/mol. The first-order valence-electron chi connectivity index (χ1n) is 7.49. The first-order chi connectivity index (χ1) is 8.36. The van der Waals surface area contributed by atoms with Crippen molar-refractivity contribution in [3.8, 4) is 0 Å². The second-order valence-electron chi connectivity index (χ2n) is 5.72. The fourth-order valence-corrected chi connectivity index (χ4v) is 3.17. The summed E-state index contributed by atoms with van der Waals surface area (Å²) in [6, 6.07) is 0.823. The van der Waals surface area contributed by atoms with Gasteiger partial charge in [0.25, 0.3) is 0 Å². The molecule has 0 aromatic carbocycles. The Bertz CT molecular complexity index is 194. The van der Waals surface area contributed by atoms with Crippen LogP contribution >= 0.6 is 0 Å². The topological polar surface area (TPSA) is 18.5 Å². The van der Waals surface area contributed by atoms with E-state index in [1.165, 1.54) is 77.8 Å². The Morgan fingerprint density at radius 1 is 1.12 bits per heavy atom. The van der Waals surface area contributed by atoms with Gasteiger partial charge < -0.3 is 15.1 Å². The molecule has 0 amide bonds. The van der Waals surface area contributed by atoms with Gasteiger partial charge >= 0.3 is 0 Å². The molecule has 2 aliphatic rings. The van der Waals surface area contributed by atoms with E-state index in [2.05, 4.69) is 22.2 Å². The van der Waals surface area contributed by atoms with Crippen LogP contribution in [0, 0.1) is 0 Å². The second kappa shape index (κ2) is 7.34. The van der Waals surface area contributed by atoms with Crippen LogP contribution in [-0.4, -0.2) is 62.2 Å². The maximum Gasteiger partial charge on any atom is 0.0105 e. The zero-order valence-corrected chi connectivity index (χ0v) is 11.5. The van der Waals surface area contributed by atoms with Crippen molar-refractivity contribution in [2.24, 2.45) is 0 Å². The number of hydrogen-bond donors (Lipinski definition) is 1. The average Bonchev–Trinajstić information content (AvgIpc) is 2.69. The monoisotopic (exact) mass is 239 g/mol. The molecule has 17 heavy (non-hydrogen) atoms. The van der Waals surface area contributed by atoms with Gasteiger partial charge in [0, 0.05) is 6.04 Å². The molecule has 0 aromatic heterocycles. The molecular weight excluding hydrogens is 210 g/mol. The maximum atomic E-state index is 3.50. The van der Waals surface area contributed by atoms with Gasteiger partial charge in [-0.2, -0.15) is 0 Å². The van der Waals surface area contributed by atoms with Crippen LogP contribution in [0.3, 0.4) is 0 Å². The summed E-state index contributed by atoms with van der Waals surface area (Å²) >= 11 is 0. The summed E-state index contributed by atoms with van der Waals surface area (Å²) in [5, 5.41) is 3.50. The SMILES string of the molecule is CN(CCCN1CCCC1)C1CCCNCC1. The largest absolute Gasteiger partial charge is 0.317 e. The molecule has 0 saturated carbocycles. The third kappa shape index (κ3) is 4.57. The predicted octanol–water partition coefficient (Wildman–Crippen LogP) is 1.55. The molecule has 0 spiro atoms. The van der Waals surface area contributed by atoms with Crippen molar-refractivity contribution in [2.75, 3.05) is 46.3 Å². The highest BCUT2D eigenvalue weighted by Gasteiger charge is 2.17. The molecule has 100 valence electrons. The maximum absolute atomic E-state index is 3.50. The van der Waals surface area contributed by atoms with Gasteiger partial charge in [0.15, 0.2) is 0 Å². The lowest BCUT2D eigenvalue weighted by Crippen LogP contribution is -2.34. The van der Waals surface area contributed by atoms with Crippen molar-refractivity contribution in [3.63, 3.8) is 0 Å². The fraction of sp³-hybridized carbons (Fsp3) is 1.00. The van der Waals surface area contributed by atoms with E-state index in [9.17, 15) is 0 Å². The number of hydrogen-bond acceptors (Lipinski definition) is 3. The summed E-state index contributed by atoms with van der Waals surface area (Å²) in [5.74, 6) is 0. The van der Waals surface area contributed by atoms with E-state index < -0.39 is 0 Å². The fourth-order valence-electron chi connectivity index (χ4n) is 3.17. The van der Waals surface area contributed by atoms with Crippen molar-refractivity contribution in [1.29, 1.82) is 0 Å². The predicted molar refractivity (Wildman–Crippen MR) is 73.4 cm³/mol. The summed E-state index contributed by atoms with van der Waals surface area (Å²) in [6.45, 7) is 7.71. The zero-order valence-electron chi connectivity index (χ0n) is 11.5. The molecule has 0 aliphatic carbocycles. The zero-order chi connectivity index (χ0) is 11.9. The van der Waals surface area contributed by atoms with Gasteiger partial charge in [-0.1, -0.05) is 0 Å². The molecule has 1 N–H and O–H groups in total. The Morgan fingerprint density at radius 2 is 1.94 bits per heavy atom. The molecular formula is C14H29N3. The van der Waals surface area contributed by atoms with E-state index in [-0.39, 0.29) is 0 Å². The molecule has 2 saturated heterocycles. The minimum absolute atomic E-state index is 0.823. The molecule has 2 heterocycles. The minimum atomic E-state index is 0.823. The Labute approximate surface area is 107 Å². The normalized spacial score (nSPS) is 27.5. The van der Waals surface area contributed by atoms with Gasteiger partial charge in [-0.15, -0.1) is 0 Å². The molecule has 2 rings (SSSR count). The Kier molecular flexibility index (Phi) is 5.75. The summed E-state index contributed by atoms with van der Waals surface area (Å²) in [4.78, 5) is 5.23. The van der Waals surface area contributed by atoms with Gasteiger partial charge in [0.2, 0.25) is 0 Å². The first kappa shape index (κ1) is 13.3. The Hall–Kier alpha value is -0.120. The van der Waals surface area contributed by atoms with Gasteiger partial charge in [-0.05, 0) is 84.8 Å². The molecule has 1 unspecified atom stereocenters. The Balaban J connectivity index is 1.60. The van der Waals surface area contributed by atoms with Gasteiger partial charge in [-0.25, -0.2) is 0 Å². The molecule has 0 bridgehead atoms. The van der Waals surface area contributed by atoms with Gasteiger partial charge in [-0.3, -0.25) is 0 Å². The minimum Gasteiger partial charge on any atom is -0.317 e. The summed E-state index contributed by atoms with van der Waals surface area (Å²) in [6.07, 6.45) is 8.25. The van der Waals surface area contributed by atoms with Crippen LogP contribution < -0.4 is 5.32 Å². The van der Waals surface area contributed by atoms with Gasteiger partial charge in [0.05, 0.1) is 0 Å². The lowest BCUT2D eigenvalue weighted by molar-refractivity contribution is 0.208. The quantitative estimate of drug-likeness (QED) is 0.785. The lowest BCUT2D eigenvalue weighted by atomic mass is 10.1. The highest BCUT2D eigenvalue weighted by Crippen LogP contribution is 2.13. The Morgan fingerprint density at radius 3 is 2.76 bits per heavy atom. The smallest absolute Gasteiger partial charge is 0.0105 e. The standard InChI is InChI=1S/C14H29N3/c1-16(14-6-4-8-15-9-7-14)10-5-13-17-11-2-3-12-17/h14-15H,2-13H2,1H3. The second-order valence-corrected chi connectivity index (χ2v) is 5.72. The van der Waals surface area contributed by atoms with Crippen LogP contribution in [0.25, 0.3) is 0 Å². The summed E-state index contributed by atoms with van der Waals surface area (Å²) < 4.78 is 0. The number of likely N-dealkylation sites (tertiary alicyclic amines) is 1. The van der Waals surface area contributed by atoms with Crippen LogP contribution in [0.5, 0.6) is 0 Å².